The normalized spacial score (nSPS) is 16.5. The van der Waals surface area contributed by atoms with Crippen molar-refractivity contribution in [3.05, 3.63) is 93.1 Å². The fraction of sp³-hybridized carbons (Fsp3) is 0.290. The van der Waals surface area contributed by atoms with Crippen molar-refractivity contribution >= 4 is 22.6 Å². The van der Waals surface area contributed by atoms with Crippen molar-refractivity contribution in [2.45, 2.75) is 39.3 Å². The Bertz CT molecular complexity index is 1560. The Balaban J connectivity index is 1.52. The van der Waals surface area contributed by atoms with E-state index >= 15 is 0 Å². The monoisotopic (exact) mass is 512 g/mol. The Morgan fingerprint density at radius 2 is 1.87 bits per heavy atom. The van der Waals surface area contributed by atoms with Gasteiger partial charge in [0.25, 0.3) is 0 Å². The van der Waals surface area contributed by atoms with E-state index in [2.05, 4.69) is 17.3 Å². The lowest BCUT2D eigenvalue weighted by Gasteiger charge is -2.20. The molecule has 0 radical (unpaired) electrons. The van der Waals surface area contributed by atoms with Gasteiger partial charge in [-0.1, -0.05) is 18.2 Å². The summed E-state index contributed by atoms with van der Waals surface area (Å²) in [5.74, 6) is 0.296. The fourth-order valence-corrected chi connectivity index (χ4v) is 5.14. The molecular formula is C31H32N2O5. The van der Waals surface area contributed by atoms with E-state index in [1.165, 1.54) is 0 Å². The maximum Gasteiger partial charge on any atom is 0.337 e. The highest BCUT2D eigenvalue weighted by Crippen LogP contribution is 2.33. The number of benzene rings is 3. The van der Waals surface area contributed by atoms with Crippen molar-refractivity contribution in [2.24, 2.45) is 0 Å². The smallest absolute Gasteiger partial charge is 0.337 e. The van der Waals surface area contributed by atoms with Crippen LogP contribution in [0, 0.1) is 13.8 Å². The number of aryl methyl sites for hydroxylation is 1. The molecule has 0 amide bonds. The minimum absolute atomic E-state index is 0.0846. The lowest BCUT2D eigenvalue weighted by molar-refractivity contribution is 0.0698. The zero-order chi connectivity index (χ0) is 27.0. The molecule has 196 valence electrons. The van der Waals surface area contributed by atoms with Crippen molar-refractivity contribution in [3.8, 4) is 17.1 Å². The Kier molecular flexibility index (Phi) is 6.95. The average Bonchev–Trinajstić information content (AvgIpc) is 3.31. The van der Waals surface area contributed by atoms with E-state index in [9.17, 15) is 14.7 Å². The standard InChI is InChI=1S/C31H32N2O5/c1-18-15-25(20(3)32-27-8-6-5-7-24(27)31(35)36)30-26(16-18)28(34)19(2)29(38-30)21-9-11-22(12-10-21)37-23-13-14-33(4)17-23/h5-12,15-16,20,23,32H,13-14,17H2,1-4H3,(H,35,36)/t20-,23?/m1/s1. The van der Waals surface area contributed by atoms with Crippen molar-refractivity contribution in [2.75, 3.05) is 25.5 Å². The largest absolute Gasteiger partial charge is 0.489 e. The Labute approximate surface area is 221 Å². The van der Waals surface area contributed by atoms with Gasteiger partial charge in [-0.05, 0) is 82.3 Å². The van der Waals surface area contributed by atoms with Crippen LogP contribution in [0.1, 0.15) is 46.4 Å². The number of rotatable bonds is 7. The lowest BCUT2D eigenvalue weighted by Crippen LogP contribution is -2.21. The number of hydrogen-bond donors (Lipinski definition) is 2. The molecule has 0 saturated carbocycles. The molecule has 2 N–H and O–H groups in total. The maximum absolute atomic E-state index is 13.5. The van der Waals surface area contributed by atoms with Crippen molar-refractivity contribution in [3.63, 3.8) is 0 Å². The number of likely N-dealkylation sites (tertiary alicyclic amines) is 1. The molecule has 7 heteroatoms. The summed E-state index contributed by atoms with van der Waals surface area (Å²) in [6.07, 6.45) is 1.18. The molecule has 0 bridgehead atoms. The molecule has 2 heterocycles. The minimum Gasteiger partial charge on any atom is -0.489 e. The van der Waals surface area contributed by atoms with Gasteiger partial charge in [0, 0.05) is 35.5 Å². The zero-order valence-corrected chi connectivity index (χ0v) is 22.1. The second-order valence-electron chi connectivity index (χ2n) is 10.1. The first-order chi connectivity index (χ1) is 18.2. The molecule has 5 rings (SSSR count). The van der Waals surface area contributed by atoms with E-state index in [1.54, 1.807) is 31.2 Å². The van der Waals surface area contributed by atoms with E-state index in [0.717, 1.165) is 42.0 Å². The van der Waals surface area contributed by atoms with Gasteiger partial charge in [-0.2, -0.15) is 0 Å². The highest BCUT2D eigenvalue weighted by molar-refractivity contribution is 5.94. The first kappa shape index (κ1) is 25.5. The van der Waals surface area contributed by atoms with Crippen LogP contribution in [0.4, 0.5) is 5.69 Å². The highest BCUT2D eigenvalue weighted by Gasteiger charge is 2.22. The number of hydrogen-bond acceptors (Lipinski definition) is 6. The second-order valence-corrected chi connectivity index (χ2v) is 10.1. The average molecular weight is 513 g/mol. The number of fused-ring (bicyclic) bond motifs is 1. The van der Waals surface area contributed by atoms with Gasteiger partial charge in [-0.25, -0.2) is 4.79 Å². The van der Waals surface area contributed by atoms with Gasteiger partial charge >= 0.3 is 5.97 Å². The quantitative estimate of drug-likeness (QED) is 0.312. The summed E-state index contributed by atoms with van der Waals surface area (Å²) in [6.45, 7) is 7.59. The summed E-state index contributed by atoms with van der Waals surface area (Å²) >= 11 is 0. The molecule has 2 atom stereocenters. The number of nitrogens with zero attached hydrogens (tertiary/aromatic N) is 1. The number of nitrogens with one attached hydrogen (secondary N) is 1. The third-order valence-corrected chi connectivity index (χ3v) is 7.16. The SMILES string of the molecule is Cc1cc([C@@H](C)Nc2ccccc2C(=O)O)c2oc(-c3ccc(OC4CCN(C)C4)cc3)c(C)c(=O)c2c1. The summed E-state index contributed by atoms with van der Waals surface area (Å²) in [6, 6.07) is 17.9. The number of carbonyl (C=O) groups is 1. The van der Waals surface area contributed by atoms with Crippen LogP contribution in [0.3, 0.4) is 0 Å². The predicted octanol–water partition coefficient (Wildman–Crippen LogP) is 6.03. The van der Waals surface area contributed by atoms with Crippen molar-refractivity contribution < 1.29 is 19.1 Å². The number of anilines is 1. The summed E-state index contributed by atoms with van der Waals surface area (Å²) in [5.41, 5.74) is 4.12. The van der Waals surface area contributed by atoms with Crippen LogP contribution in [0.25, 0.3) is 22.3 Å². The first-order valence-electron chi connectivity index (χ1n) is 12.8. The molecule has 0 aliphatic carbocycles. The van der Waals surface area contributed by atoms with E-state index < -0.39 is 5.97 Å². The van der Waals surface area contributed by atoms with Crippen LogP contribution < -0.4 is 15.5 Å². The van der Waals surface area contributed by atoms with Gasteiger partial charge in [-0.15, -0.1) is 0 Å². The molecule has 4 aromatic rings. The van der Waals surface area contributed by atoms with Gasteiger partial charge < -0.3 is 24.5 Å². The molecule has 1 saturated heterocycles. The van der Waals surface area contributed by atoms with Gasteiger partial charge in [-0.3, -0.25) is 4.79 Å². The van der Waals surface area contributed by atoms with E-state index in [1.807, 2.05) is 50.2 Å². The molecule has 1 unspecified atom stereocenters. The number of ether oxygens (including phenoxy) is 1. The van der Waals surface area contributed by atoms with Gasteiger partial charge in [0.2, 0.25) is 0 Å². The molecule has 1 fully saturated rings. The molecule has 3 aromatic carbocycles. The molecule has 1 aromatic heterocycles. The number of para-hydroxylation sites is 1. The molecule has 1 aliphatic heterocycles. The van der Waals surface area contributed by atoms with E-state index in [-0.39, 0.29) is 23.1 Å². The van der Waals surface area contributed by atoms with E-state index in [4.69, 9.17) is 9.15 Å². The highest BCUT2D eigenvalue weighted by atomic mass is 16.5. The molecule has 1 aliphatic rings. The Hall–Kier alpha value is -4.10. The number of aromatic carboxylic acids is 1. The zero-order valence-electron chi connectivity index (χ0n) is 22.1. The minimum atomic E-state index is -1.01. The first-order valence-corrected chi connectivity index (χ1v) is 12.8. The second kappa shape index (κ2) is 10.3. The molecule has 38 heavy (non-hydrogen) atoms. The molecular weight excluding hydrogens is 480 g/mol. The fourth-order valence-electron chi connectivity index (χ4n) is 5.14. The van der Waals surface area contributed by atoms with Gasteiger partial charge in [0.1, 0.15) is 23.2 Å². The van der Waals surface area contributed by atoms with Crippen LogP contribution in [0.2, 0.25) is 0 Å². The Morgan fingerprint density at radius 3 is 2.55 bits per heavy atom. The summed E-state index contributed by atoms with van der Waals surface area (Å²) < 4.78 is 12.6. The van der Waals surface area contributed by atoms with Gasteiger partial charge in [0.15, 0.2) is 5.43 Å². The third kappa shape index (κ3) is 5.02. The van der Waals surface area contributed by atoms with Crippen LogP contribution in [0.5, 0.6) is 5.75 Å². The van der Waals surface area contributed by atoms with Crippen LogP contribution in [-0.2, 0) is 0 Å². The summed E-state index contributed by atoms with van der Waals surface area (Å²) in [7, 11) is 2.09. The number of likely N-dealkylation sites (N-methyl/N-ethyl adjacent to an activating group) is 1. The lowest BCUT2D eigenvalue weighted by atomic mass is 9.98. The summed E-state index contributed by atoms with van der Waals surface area (Å²) in [5, 5.41) is 13.4. The third-order valence-electron chi connectivity index (χ3n) is 7.16. The number of carboxylic acid groups (broad SMARTS) is 1. The van der Waals surface area contributed by atoms with Crippen LogP contribution >= 0.6 is 0 Å². The molecule has 0 spiro atoms. The van der Waals surface area contributed by atoms with Gasteiger partial charge in [0.05, 0.1) is 17.0 Å². The number of carboxylic acids is 1. The maximum atomic E-state index is 13.5. The van der Waals surface area contributed by atoms with Crippen LogP contribution in [-0.4, -0.2) is 42.2 Å². The van der Waals surface area contributed by atoms with Crippen molar-refractivity contribution in [1.82, 2.24) is 4.90 Å². The van der Waals surface area contributed by atoms with Crippen molar-refractivity contribution in [1.29, 1.82) is 0 Å². The Morgan fingerprint density at radius 1 is 1.13 bits per heavy atom. The topological polar surface area (TPSA) is 92.0 Å². The molecule has 7 nitrogen and oxygen atoms in total. The summed E-state index contributed by atoms with van der Waals surface area (Å²) in [4.78, 5) is 27.5. The van der Waals surface area contributed by atoms with E-state index in [0.29, 0.717) is 28.0 Å². The predicted molar refractivity (Wildman–Crippen MR) is 149 cm³/mol. The van der Waals surface area contributed by atoms with Crippen LogP contribution in [0.15, 0.2) is 69.9 Å².